The minimum absolute atomic E-state index is 0.00257. The van der Waals surface area contributed by atoms with Crippen LogP contribution >= 0.6 is 0 Å². The highest BCUT2D eigenvalue weighted by Crippen LogP contribution is 2.21. The van der Waals surface area contributed by atoms with Crippen LogP contribution in [0.15, 0.2) is 4.79 Å². The van der Waals surface area contributed by atoms with E-state index in [1.165, 1.54) is 0 Å². The van der Waals surface area contributed by atoms with Crippen LogP contribution in [0.2, 0.25) is 0 Å². The highest BCUT2D eigenvalue weighted by atomic mass is 16.2. The van der Waals surface area contributed by atoms with Gasteiger partial charge >= 0.3 is 0 Å². The van der Waals surface area contributed by atoms with E-state index in [0.29, 0.717) is 50.0 Å². The number of carbonyl (C=O) groups is 2. The van der Waals surface area contributed by atoms with E-state index in [2.05, 4.69) is 11.9 Å². The van der Waals surface area contributed by atoms with Crippen LogP contribution in [-0.2, 0) is 16.0 Å². The van der Waals surface area contributed by atoms with Crippen molar-refractivity contribution in [2.75, 3.05) is 26.7 Å². The van der Waals surface area contributed by atoms with E-state index in [-0.39, 0.29) is 28.9 Å². The van der Waals surface area contributed by atoms with Crippen molar-refractivity contribution in [3.63, 3.8) is 0 Å². The molecule has 2 rings (SSSR count). The summed E-state index contributed by atoms with van der Waals surface area (Å²) in [5, 5.41) is 9.18. The summed E-state index contributed by atoms with van der Waals surface area (Å²) in [5.74, 6) is 0.246. The molecule has 1 aliphatic heterocycles. The number of amides is 2. The molecular weight excluding hydrogens is 368 g/mol. The second-order valence-corrected chi connectivity index (χ2v) is 7.94. The number of hydrogen-bond donors (Lipinski definition) is 1. The summed E-state index contributed by atoms with van der Waals surface area (Å²) in [4.78, 5) is 43.4. The number of carbonyl (C=O) groups excluding carboxylic acids is 2. The standard InChI is InChI=1S/C22H32N4O3/c1-5-6-11-25(4)22(29)17-9-12-26(13-10-17)20(27)8-7-18-15(2)19(14-23)21(28)24-16(18)3/h17H,5-13H2,1-4H3,(H,24,28). The Morgan fingerprint density at radius 2 is 1.93 bits per heavy atom. The van der Waals surface area contributed by atoms with Crippen molar-refractivity contribution in [1.29, 1.82) is 5.26 Å². The molecule has 0 aromatic carbocycles. The number of H-pyrrole nitrogens is 1. The molecule has 1 saturated heterocycles. The third kappa shape index (κ3) is 5.47. The Balaban J connectivity index is 1.91. The zero-order valence-corrected chi connectivity index (χ0v) is 18.0. The largest absolute Gasteiger partial charge is 0.346 e. The van der Waals surface area contributed by atoms with Gasteiger partial charge < -0.3 is 14.8 Å². The van der Waals surface area contributed by atoms with E-state index in [1.54, 1.807) is 13.8 Å². The Morgan fingerprint density at radius 3 is 2.52 bits per heavy atom. The molecule has 0 spiro atoms. The lowest BCUT2D eigenvalue weighted by atomic mass is 9.94. The van der Waals surface area contributed by atoms with Gasteiger partial charge in [-0.3, -0.25) is 14.4 Å². The molecule has 1 fully saturated rings. The van der Waals surface area contributed by atoms with Gasteiger partial charge in [0.2, 0.25) is 11.8 Å². The van der Waals surface area contributed by atoms with Gasteiger partial charge in [-0.2, -0.15) is 5.26 Å². The molecule has 2 amide bonds. The van der Waals surface area contributed by atoms with Gasteiger partial charge in [0.1, 0.15) is 11.6 Å². The second kappa shape index (κ2) is 10.2. The van der Waals surface area contributed by atoms with Gasteiger partial charge in [-0.05, 0) is 50.7 Å². The average molecular weight is 401 g/mol. The SMILES string of the molecule is CCCCN(C)C(=O)C1CCN(C(=O)CCc2c(C)[nH]c(=O)c(C#N)c2C)CC1. The number of nitriles is 1. The van der Waals surface area contributed by atoms with E-state index in [9.17, 15) is 19.6 Å². The lowest BCUT2D eigenvalue weighted by molar-refractivity contribution is -0.139. The third-order valence-electron chi connectivity index (χ3n) is 5.93. The van der Waals surface area contributed by atoms with Gasteiger partial charge in [0.05, 0.1) is 0 Å². The highest BCUT2D eigenvalue weighted by molar-refractivity contribution is 5.80. The molecule has 7 nitrogen and oxygen atoms in total. The number of unbranched alkanes of at least 4 members (excludes halogenated alkanes) is 1. The Morgan fingerprint density at radius 1 is 1.28 bits per heavy atom. The topological polar surface area (TPSA) is 97.3 Å². The van der Waals surface area contributed by atoms with Crippen LogP contribution in [0.3, 0.4) is 0 Å². The molecule has 1 aliphatic rings. The molecule has 0 atom stereocenters. The first-order valence-corrected chi connectivity index (χ1v) is 10.4. The molecule has 1 aromatic rings. The van der Waals surface area contributed by atoms with Crippen LogP contribution in [-0.4, -0.2) is 53.3 Å². The van der Waals surface area contributed by atoms with Crippen molar-refractivity contribution in [2.45, 2.75) is 59.3 Å². The Kier molecular flexibility index (Phi) is 8.00. The molecule has 0 radical (unpaired) electrons. The lowest BCUT2D eigenvalue weighted by Crippen LogP contribution is -2.43. The Hall–Kier alpha value is -2.62. The smallest absolute Gasteiger partial charge is 0.266 e. The van der Waals surface area contributed by atoms with E-state index in [1.807, 2.05) is 22.9 Å². The normalized spacial score (nSPS) is 14.5. The fourth-order valence-corrected chi connectivity index (χ4v) is 4.00. The molecule has 0 bridgehead atoms. The first kappa shape index (κ1) is 22.7. The summed E-state index contributed by atoms with van der Waals surface area (Å²) >= 11 is 0. The number of pyridine rings is 1. The number of aromatic nitrogens is 1. The van der Waals surface area contributed by atoms with Gasteiger partial charge in [0.25, 0.3) is 5.56 Å². The van der Waals surface area contributed by atoms with Crippen LogP contribution in [0, 0.1) is 31.1 Å². The number of nitrogens with zero attached hydrogens (tertiary/aromatic N) is 3. The molecular formula is C22H32N4O3. The number of piperidine rings is 1. The first-order valence-electron chi connectivity index (χ1n) is 10.4. The van der Waals surface area contributed by atoms with Gasteiger partial charge in [-0.1, -0.05) is 13.3 Å². The van der Waals surface area contributed by atoms with Crippen LogP contribution in [0.4, 0.5) is 0 Å². The fourth-order valence-electron chi connectivity index (χ4n) is 4.00. The lowest BCUT2D eigenvalue weighted by Gasteiger charge is -2.33. The summed E-state index contributed by atoms with van der Waals surface area (Å²) in [7, 11) is 1.86. The molecule has 0 saturated carbocycles. The zero-order valence-electron chi connectivity index (χ0n) is 18.0. The molecule has 7 heteroatoms. The minimum Gasteiger partial charge on any atom is -0.346 e. The quantitative estimate of drug-likeness (QED) is 0.759. The summed E-state index contributed by atoms with van der Waals surface area (Å²) in [5.41, 5.74) is 1.95. The van der Waals surface area contributed by atoms with Crippen molar-refractivity contribution < 1.29 is 9.59 Å². The van der Waals surface area contributed by atoms with Crippen LogP contribution in [0.1, 0.15) is 61.4 Å². The minimum atomic E-state index is -0.381. The highest BCUT2D eigenvalue weighted by Gasteiger charge is 2.29. The molecule has 29 heavy (non-hydrogen) atoms. The second-order valence-electron chi connectivity index (χ2n) is 7.94. The Bertz CT molecular complexity index is 845. The van der Waals surface area contributed by atoms with Crippen molar-refractivity contribution in [2.24, 2.45) is 5.92 Å². The van der Waals surface area contributed by atoms with Crippen LogP contribution in [0.5, 0.6) is 0 Å². The third-order valence-corrected chi connectivity index (χ3v) is 5.93. The number of hydrogen-bond acceptors (Lipinski definition) is 4. The van der Waals surface area contributed by atoms with E-state index in [4.69, 9.17) is 0 Å². The number of rotatable bonds is 7. The predicted octanol–water partition coefficient (Wildman–Crippen LogP) is 2.29. The van der Waals surface area contributed by atoms with Crippen LogP contribution in [0.25, 0.3) is 0 Å². The van der Waals surface area contributed by atoms with Crippen molar-refractivity contribution in [3.05, 3.63) is 32.7 Å². The van der Waals surface area contributed by atoms with Crippen molar-refractivity contribution >= 4 is 11.8 Å². The van der Waals surface area contributed by atoms with Gasteiger partial charge in [0.15, 0.2) is 0 Å². The summed E-state index contributed by atoms with van der Waals surface area (Å²) < 4.78 is 0. The van der Waals surface area contributed by atoms with Gasteiger partial charge in [0, 0.05) is 44.7 Å². The number of aromatic amines is 1. The van der Waals surface area contributed by atoms with Gasteiger partial charge in [-0.25, -0.2) is 0 Å². The van der Waals surface area contributed by atoms with E-state index < -0.39 is 0 Å². The zero-order chi connectivity index (χ0) is 21.6. The molecule has 1 aromatic heterocycles. The summed E-state index contributed by atoms with van der Waals surface area (Å²) in [6.45, 7) is 7.65. The van der Waals surface area contributed by atoms with Crippen LogP contribution < -0.4 is 5.56 Å². The summed E-state index contributed by atoms with van der Waals surface area (Å²) in [6, 6.07) is 1.94. The average Bonchev–Trinajstić information content (AvgIpc) is 2.71. The maximum absolute atomic E-state index is 12.7. The summed E-state index contributed by atoms with van der Waals surface area (Å²) in [6.07, 6.45) is 4.30. The molecule has 0 aliphatic carbocycles. The number of nitrogens with one attached hydrogen (secondary N) is 1. The maximum atomic E-state index is 12.7. The van der Waals surface area contributed by atoms with Crippen molar-refractivity contribution in [3.8, 4) is 6.07 Å². The fraction of sp³-hybridized carbons (Fsp3) is 0.636. The predicted molar refractivity (Wildman–Crippen MR) is 111 cm³/mol. The maximum Gasteiger partial charge on any atom is 0.266 e. The van der Waals surface area contributed by atoms with Gasteiger partial charge in [-0.15, -0.1) is 0 Å². The van der Waals surface area contributed by atoms with E-state index in [0.717, 1.165) is 24.9 Å². The monoisotopic (exact) mass is 400 g/mol. The molecule has 1 N–H and O–H groups in total. The molecule has 2 heterocycles. The Labute approximate surface area is 172 Å². The molecule has 0 unspecified atom stereocenters. The van der Waals surface area contributed by atoms with Crippen molar-refractivity contribution in [1.82, 2.24) is 14.8 Å². The molecule has 158 valence electrons. The van der Waals surface area contributed by atoms with E-state index >= 15 is 0 Å². The first-order chi connectivity index (χ1) is 13.8. The number of likely N-dealkylation sites (tertiary alicyclic amines) is 1. The number of aryl methyl sites for hydroxylation is 1.